The number of rotatable bonds is 4. The van der Waals surface area contributed by atoms with E-state index in [2.05, 4.69) is 9.71 Å². The fourth-order valence-electron chi connectivity index (χ4n) is 3.11. The van der Waals surface area contributed by atoms with Crippen molar-refractivity contribution in [2.75, 3.05) is 0 Å². The van der Waals surface area contributed by atoms with E-state index in [1.54, 1.807) is 18.3 Å². The predicted octanol–water partition coefficient (Wildman–Crippen LogP) is 3.67. The van der Waals surface area contributed by atoms with Crippen molar-refractivity contribution in [2.45, 2.75) is 50.0 Å². The number of sulfonamides is 1. The van der Waals surface area contributed by atoms with E-state index >= 15 is 0 Å². The Labute approximate surface area is 138 Å². The second-order valence-electron chi connectivity index (χ2n) is 6.12. The van der Waals surface area contributed by atoms with Crippen molar-refractivity contribution >= 4 is 10.0 Å². The van der Waals surface area contributed by atoms with Crippen LogP contribution in [0.1, 0.15) is 37.8 Å². The second kappa shape index (κ2) is 6.81. The summed E-state index contributed by atoms with van der Waals surface area (Å²) in [5, 5.41) is 0. The topological polar surface area (TPSA) is 59.1 Å². The molecule has 1 aromatic heterocycles. The molecule has 23 heavy (non-hydrogen) atoms. The highest BCUT2D eigenvalue weighted by Crippen LogP contribution is 2.24. The third kappa shape index (κ3) is 3.79. The van der Waals surface area contributed by atoms with Crippen LogP contribution in [0.3, 0.4) is 0 Å². The number of benzene rings is 1. The summed E-state index contributed by atoms with van der Waals surface area (Å²) in [7, 11) is -3.43. The summed E-state index contributed by atoms with van der Waals surface area (Å²) in [4.78, 5) is 4.60. The van der Waals surface area contributed by atoms with Gasteiger partial charge in [0.05, 0.1) is 4.90 Å². The van der Waals surface area contributed by atoms with E-state index < -0.39 is 10.0 Å². The number of nitrogens with zero attached hydrogens (tertiary/aromatic N) is 1. The smallest absolute Gasteiger partial charge is 0.240 e. The van der Waals surface area contributed by atoms with Gasteiger partial charge in [-0.3, -0.25) is 4.98 Å². The molecule has 0 spiro atoms. The monoisotopic (exact) mass is 330 g/mol. The van der Waals surface area contributed by atoms with Crippen molar-refractivity contribution in [3.05, 3.63) is 48.3 Å². The molecule has 0 bridgehead atoms. The molecule has 1 aromatic carbocycles. The minimum atomic E-state index is -3.43. The lowest BCUT2D eigenvalue weighted by atomic mass is 9.96. The molecular formula is C18H22N2O2S. The van der Waals surface area contributed by atoms with E-state index in [0.29, 0.717) is 4.90 Å². The average Bonchev–Trinajstić information content (AvgIpc) is 2.56. The molecule has 4 nitrogen and oxygen atoms in total. The van der Waals surface area contributed by atoms with Gasteiger partial charge >= 0.3 is 0 Å². The van der Waals surface area contributed by atoms with Gasteiger partial charge in [0.2, 0.25) is 10.0 Å². The van der Waals surface area contributed by atoms with E-state index in [4.69, 9.17) is 0 Å². The summed E-state index contributed by atoms with van der Waals surface area (Å²) in [6.07, 6.45) is 7.04. The van der Waals surface area contributed by atoms with E-state index in [1.165, 1.54) is 6.42 Å². The summed E-state index contributed by atoms with van der Waals surface area (Å²) < 4.78 is 27.8. The number of aryl methyl sites for hydroxylation is 1. The number of pyridine rings is 1. The van der Waals surface area contributed by atoms with Crippen molar-refractivity contribution in [1.82, 2.24) is 9.71 Å². The van der Waals surface area contributed by atoms with Crippen LogP contribution in [0.25, 0.3) is 11.1 Å². The standard InChI is InChI=1S/C18H22N2O2S/c1-14-18(8-5-13-19-14)15-9-11-17(12-10-15)23(21,22)20-16-6-3-2-4-7-16/h5,8-13,16,20H,2-4,6-7H2,1H3. The molecule has 122 valence electrons. The van der Waals surface area contributed by atoms with Crippen LogP contribution in [-0.4, -0.2) is 19.4 Å². The molecule has 0 amide bonds. The Morgan fingerprint density at radius 2 is 1.74 bits per heavy atom. The normalized spacial score (nSPS) is 16.4. The van der Waals surface area contributed by atoms with Gasteiger partial charge in [-0.2, -0.15) is 0 Å². The summed E-state index contributed by atoms with van der Waals surface area (Å²) in [6, 6.07) is 11.0. The van der Waals surface area contributed by atoms with Gasteiger partial charge in [0.25, 0.3) is 0 Å². The third-order valence-electron chi connectivity index (χ3n) is 4.41. The quantitative estimate of drug-likeness (QED) is 0.930. The zero-order valence-corrected chi connectivity index (χ0v) is 14.1. The Balaban J connectivity index is 1.80. The van der Waals surface area contributed by atoms with Gasteiger partial charge in [0.1, 0.15) is 0 Å². The second-order valence-corrected chi connectivity index (χ2v) is 7.83. The lowest BCUT2D eigenvalue weighted by molar-refractivity contribution is 0.412. The first-order chi connectivity index (χ1) is 11.1. The minimum Gasteiger partial charge on any atom is -0.261 e. The number of hydrogen-bond acceptors (Lipinski definition) is 3. The minimum absolute atomic E-state index is 0.0778. The molecule has 0 radical (unpaired) electrons. The first-order valence-corrected chi connectivity index (χ1v) is 9.59. The van der Waals surface area contributed by atoms with Crippen LogP contribution in [0.2, 0.25) is 0 Å². The van der Waals surface area contributed by atoms with Crippen molar-refractivity contribution in [3.8, 4) is 11.1 Å². The molecule has 0 atom stereocenters. The molecule has 3 rings (SSSR count). The average molecular weight is 330 g/mol. The third-order valence-corrected chi connectivity index (χ3v) is 5.95. The lowest BCUT2D eigenvalue weighted by Crippen LogP contribution is -2.36. The number of nitrogens with one attached hydrogen (secondary N) is 1. The summed E-state index contributed by atoms with van der Waals surface area (Å²) in [5.74, 6) is 0. The van der Waals surface area contributed by atoms with Gasteiger partial charge in [-0.1, -0.05) is 37.5 Å². The summed E-state index contributed by atoms with van der Waals surface area (Å²) >= 11 is 0. The molecule has 0 aliphatic heterocycles. The fraction of sp³-hybridized carbons (Fsp3) is 0.389. The van der Waals surface area contributed by atoms with E-state index in [-0.39, 0.29) is 6.04 Å². The van der Waals surface area contributed by atoms with Crippen LogP contribution < -0.4 is 4.72 Å². The first kappa shape index (κ1) is 16.1. The molecule has 1 N–H and O–H groups in total. The Morgan fingerprint density at radius 3 is 2.39 bits per heavy atom. The maximum Gasteiger partial charge on any atom is 0.240 e. The Kier molecular flexibility index (Phi) is 4.78. The van der Waals surface area contributed by atoms with Crippen LogP contribution in [0.5, 0.6) is 0 Å². The molecule has 1 heterocycles. The van der Waals surface area contributed by atoms with Crippen molar-refractivity contribution in [2.24, 2.45) is 0 Å². The molecule has 1 aliphatic carbocycles. The maximum atomic E-state index is 12.5. The lowest BCUT2D eigenvalue weighted by Gasteiger charge is -2.22. The number of hydrogen-bond donors (Lipinski definition) is 1. The fourth-order valence-corrected chi connectivity index (χ4v) is 4.42. The Hall–Kier alpha value is -1.72. The Morgan fingerprint density at radius 1 is 1.04 bits per heavy atom. The largest absolute Gasteiger partial charge is 0.261 e. The van der Waals surface area contributed by atoms with Gasteiger partial charge in [0, 0.05) is 23.5 Å². The van der Waals surface area contributed by atoms with Gasteiger partial charge in [-0.15, -0.1) is 0 Å². The van der Waals surface area contributed by atoms with Gasteiger partial charge in [0.15, 0.2) is 0 Å². The Bertz CT molecular complexity index is 764. The van der Waals surface area contributed by atoms with Crippen molar-refractivity contribution in [1.29, 1.82) is 0 Å². The van der Waals surface area contributed by atoms with Crippen LogP contribution in [0, 0.1) is 6.92 Å². The van der Waals surface area contributed by atoms with E-state index in [0.717, 1.165) is 42.5 Å². The van der Waals surface area contributed by atoms with E-state index in [1.807, 2.05) is 31.2 Å². The van der Waals surface area contributed by atoms with Crippen molar-refractivity contribution < 1.29 is 8.42 Å². The molecule has 1 fully saturated rings. The zero-order valence-electron chi connectivity index (χ0n) is 13.3. The molecule has 1 aliphatic rings. The van der Waals surface area contributed by atoms with Gasteiger partial charge < -0.3 is 0 Å². The van der Waals surface area contributed by atoms with Gasteiger partial charge in [-0.25, -0.2) is 13.1 Å². The highest BCUT2D eigenvalue weighted by atomic mass is 32.2. The first-order valence-electron chi connectivity index (χ1n) is 8.11. The predicted molar refractivity (Wildman–Crippen MR) is 91.6 cm³/mol. The van der Waals surface area contributed by atoms with Crippen LogP contribution in [-0.2, 0) is 10.0 Å². The molecule has 1 saturated carbocycles. The highest BCUT2D eigenvalue weighted by Gasteiger charge is 2.21. The van der Waals surface area contributed by atoms with Crippen LogP contribution in [0.4, 0.5) is 0 Å². The summed E-state index contributed by atoms with van der Waals surface area (Å²) in [6.45, 7) is 1.95. The van der Waals surface area contributed by atoms with Crippen molar-refractivity contribution in [3.63, 3.8) is 0 Å². The number of aromatic nitrogens is 1. The molecule has 5 heteroatoms. The molecule has 0 saturated heterocycles. The SMILES string of the molecule is Cc1ncccc1-c1ccc(S(=O)(=O)NC2CCCCC2)cc1. The van der Waals surface area contributed by atoms with Crippen LogP contribution in [0.15, 0.2) is 47.5 Å². The van der Waals surface area contributed by atoms with Gasteiger partial charge in [-0.05, 0) is 43.5 Å². The van der Waals surface area contributed by atoms with E-state index in [9.17, 15) is 8.42 Å². The molecule has 2 aromatic rings. The summed E-state index contributed by atoms with van der Waals surface area (Å²) in [5.41, 5.74) is 2.94. The zero-order chi connectivity index (χ0) is 16.3. The maximum absolute atomic E-state index is 12.5. The molecular weight excluding hydrogens is 308 g/mol. The van der Waals surface area contributed by atoms with Crippen LogP contribution >= 0.6 is 0 Å². The highest BCUT2D eigenvalue weighted by molar-refractivity contribution is 7.89. The molecule has 0 unspecified atom stereocenters.